The highest BCUT2D eigenvalue weighted by Gasteiger charge is 2.23. The topological polar surface area (TPSA) is 74.2 Å². The van der Waals surface area contributed by atoms with Gasteiger partial charge in [0.05, 0.1) is 23.6 Å². The summed E-state index contributed by atoms with van der Waals surface area (Å²) in [4.78, 5) is 24.7. The molecule has 0 N–H and O–H groups in total. The summed E-state index contributed by atoms with van der Waals surface area (Å²) < 4.78 is 10.8. The number of carbonyl (C=O) groups excluding carboxylic acids is 1. The Bertz CT molecular complexity index is 1050. The zero-order valence-corrected chi connectivity index (χ0v) is 17.4. The second-order valence-corrected chi connectivity index (χ2v) is 7.90. The first-order valence-corrected chi connectivity index (χ1v) is 9.29. The average Bonchev–Trinajstić information content (AvgIpc) is 2.64. The molecule has 0 saturated heterocycles. The van der Waals surface area contributed by atoms with Gasteiger partial charge in [0.25, 0.3) is 0 Å². The summed E-state index contributed by atoms with van der Waals surface area (Å²) in [5.74, 6) is 0.337. The van der Waals surface area contributed by atoms with E-state index in [0.29, 0.717) is 22.5 Å². The number of benzene rings is 1. The molecule has 0 saturated carbocycles. The van der Waals surface area contributed by atoms with Crippen LogP contribution >= 0.6 is 23.2 Å². The van der Waals surface area contributed by atoms with E-state index in [-0.39, 0.29) is 23.0 Å². The fraction of sp³-hybridized carbons (Fsp3) is 0.300. The molecule has 146 valence electrons. The van der Waals surface area contributed by atoms with Gasteiger partial charge in [-0.05, 0) is 62.7 Å². The van der Waals surface area contributed by atoms with Crippen molar-refractivity contribution in [2.24, 2.45) is 5.41 Å². The molecule has 0 aliphatic carbocycles. The van der Waals surface area contributed by atoms with Crippen LogP contribution in [-0.2, 0) is 16.1 Å². The lowest BCUT2D eigenvalue weighted by Gasteiger charge is -2.17. The molecule has 6 nitrogen and oxygen atoms in total. The van der Waals surface area contributed by atoms with Gasteiger partial charge in [-0.15, -0.1) is 0 Å². The maximum Gasteiger partial charge on any atom is 0.311 e. The van der Waals surface area contributed by atoms with Gasteiger partial charge >= 0.3 is 5.97 Å². The van der Waals surface area contributed by atoms with Crippen LogP contribution < -0.4 is 4.74 Å². The van der Waals surface area contributed by atoms with Gasteiger partial charge in [0.1, 0.15) is 17.5 Å². The number of methoxy groups -OCH3 is 1. The van der Waals surface area contributed by atoms with Gasteiger partial charge in [-0.3, -0.25) is 4.79 Å². The minimum Gasteiger partial charge on any atom is -0.496 e. The van der Waals surface area contributed by atoms with Gasteiger partial charge < -0.3 is 9.47 Å². The quantitative estimate of drug-likeness (QED) is 0.332. The van der Waals surface area contributed by atoms with E-state index in [9.17, 15) is 4.79 Å². The highest BCUT2D eigenvalue weighted by molar-refractivity contribution is 6.35. The van der Waals surface area contributed by atoms with Crippen LogP contribution in [0.4, 0.5) is 0 Å². The van der Waals surface area contributed by atoms with E-state index in [1.807, 2.05) is 18.2 Å². The molecule has 28 heavy (non-hydrogen) atoms. The Balaban J connectivity index is 1.96. The van der Waals surface area contributed by atoms with Gasteiger partial charge in [-0.2, -0.15) is 4.98 Å². The first-order chi connectivity index (χ1) is 13.2. The number of rotatable bonds is 4. The summed E-state index contributed by atoms with van der Waals surface area (Å²) in [6.45, 7) is 5.51. The van der Waals surface area contributed by atoms with E-state index in [1.54, 1.807) is 40.0 Å². The Morgan fingerprint density at radius 1 is 1.07 bits per heavy atom. The zero-order chi connectivity index (χ0) is 20.5. The number of hydrogen-bond acceptors (Lipinski definition) is 6. The van der Waals surface area contributed by atoms with Crippen LogP contribution in [0.2, 0.25) is 10.4 Å². The minimum atomic E-state index is -0.580. The third-order valence-corrected chi connectivity index (χ3v) is 4.49. The standard InChI is InChI=1S/C20H19Cl2N3O3/c1-20(2,3)18(26)28-10-12-9-11(5-8-15(12)27-4)14-7-6-13-16(21)24-19(22)25-17(13)23-14/h5-9H,10H2,1-4H3. The molecular formula is C20H19Cl2N3O3. The van der Waals surface area contributed by atoms with Crippen molar-refractivity contribution in [3.8, 4) is 17.0 Å². The van der Waals surface area contributed by atoms with Crippen molar-refractivity contribution in [2.45, 2.75) is 27.4 Å². The summed E-state index contributed by atoms with van der Waals surface area (Å²) in [6, 6.07) is 9.15. The van der Waals surface area contributed by atoms with Crippen LogP contribution in [0.25, 0.3) is 22.3 Å². The molecular weight excluding hydrogens is 401 g/mol. The third-order valence-electron chi connectivity index (χ3n) is 4.03. The van der Waals surface area contributed by atoms with Gasteiger partial charge in [-0.1, -0.05) is 11.6 Å². The highest BCUT2D eigenvalue weighted by atomic mass is 35.5. The number of hydrogen-bond donors (Lipinski definition) is 0. The molecule has 0 amide bonds. The number of ether oxygens (including phenoxy) is 2. The van der Waals surface area contributed by atoms with Crippen molar-refractivity contribution in [3.63, 3.8) is 0 Å². The lowest BCUT2D eigenvalue weighted by molar-refractivity contribution is -0.154. The first kappa shape index (κ1) is 20.3. The summed E-state index contributed by atoms with van der Waals surface area (Å²) >= 11 is 12.0. The number of fused-ring (bicyclic) bond motifs is 1. The number of halogens is 2. The SMILES string of the molecule is COc1ccc(-c2ccc3c(Cl)nc(Cl)nc3n2)cc1COC(=O)C(C)(C)C. The van der Waals surface area contributed by atoms with Crippen molar-refractivity contribution in [2.75, 3.05) is 7.11 Å². The Hall–Kier alpha value is -2.44. The predicted molar refractivity (Wildman–Crippen MR) is 109 cm³/mol. The van der Waals surface area contributed by atoms with Crippen LogP contribution in [0.3, 0.4) is 0 Å². The Kier molecular flexibility index (Phi) is 5.72. The predicted octanol–water partition coefficient (Wildman–Crippen LogP) is 5.10. The summed E-state index contributed by atoms with van der Waals surface area (Å²) in [5.41, 5.74) is 2.04. The van der Waals surface area contributed by atoms with Crippen molar-refractivity contribution < 1.29 is 14.3 Å². The zero-order valence-electron chi connectivity index (χ0n) is 15.9. The van der Waals surface area contributed by atoms with Crippen molar-refractivity contribution in [1.82, 2.24) is 15.0 Å². The number of aromatic nitrogens is 3. The lowest BCUT2D eigenvalue weighted by atomic mass is 9.97. The summed E-state index contributed by atoms with van der Waals surface area (Å²) in [5, 5.41) is 0.896. The summed E-state index contributed by atoms with van der Waals surface area (Å²) in [7, 11) is 1.57. The molecule has 0 radical (unpaired) electrons. The lowest BCUT2D eigenvalue weighted by Crippen LogP contribution is -2.22. The molecule has 3 rings (SSSR count). The van der Waals surface area contributed by atoms with Gasteiger partial charge in [0.2, 0.25) is 5.28 Å². The molecule has 3 aromatic rings. The van der Waals surface area contributed by atoms with Gasteiger partial charge in [-0.25, -0.2) is 9.97 Å². The molecule has 0 atom stereocenters. The smallest absolute Gasteiger partial charge is 0.311 e. The third kappa shape index (κ3) is 4.34. The molecule has 0 aliphatic rings. The van der Waals surface area contributed by atoms with Gasteiger partial charge in [0.15, 0.2) is 5.65 Å². The van der Waals surface area contributed by atoms with Crippen LogP contribution in [0, 0.1) is 5.41 Å². The van der Waals surface area contributed by atoms with E-state index < -0.39 is 5.41 Å². The monoisotopic (exact) mass is 419 g/mol. The van der Waals surface area contributed by atoms with Crippen molar-refractivity contribution in [1.29, 1.82) is 0 Å². The average molecular weight is 420 g/mol. The largest absolute Gasteiger partial charge is 0.496 e. The normalized spacial score (nSPS) is 11.5. The maximum absolute atomic E-state index is 12.1. The fourth-order valence-corrected chi connectivity index (χ4v) is 2.95. The number of nitrogens with zero attached hydrogens (tertiary/aromatic N) is 3. The number of esters is 1. The first-order valence-electron chi connectivity index (χ1n) is 8.53. The van der Waals surface area contributed by atoms with E-state index in [2.05, 4.69) is 15.0 Å². The molecule has 2 heterocycles. The molecule has 0 aliphatic heterocycles. The van der Waals surface area contributed by atoms with E-state index in [1.165, 1.54) is 0 Å². The number of pyridine rings is 1. The van der Waals surface area contributed by atoms with Crippen LogP contribution in [0.1, 0.15) is 26.3 Å². The van der Waals surface area contributed by atoms with Crippen molar-refractivity contribution in [3.05, 3.63) is 46.3 Å². The van der Waals surface area contributed by atoms with Crippen LogP contribution in [-0.4, -0.2) is 28.0 Å². The van der Waals surface area contributed by atoms with Gasteiger partial charge in [0, 0.05) is 11.1 Å². The molecule has 0 bridgehead atoms. The molecule has 8 heteroatoms. The Morgan fingerprint density at radius 3 is 2.50 bits per heavy atom. The molecule has 1 aromatic carbocycles. The number of carbonyl (C=O) groups is 1. The molecule has 0 fully saturated rings. The van der Waals surface area contributed by atoms with E-state index in [0.717, 1.165) is 11.1 Å². The Morgan fingerprint density at radius 2 is 1.82 bits per heavy atom. The van der Waals surface area contributed by atoms with Crippen molar-refractivity contribution >= 4 is 40.2 Å². The second kappa shape index (κ2) is 7.89. The molecule has 0 unspecified atom stereocenters. The van der Waals surface area contributed by atoms with Crippen LogP contribution in [0.15, 0.2) is 30.3 Å². The van der Waals surface area contributed by atoms with E-state index >= 15 is 0 Å². The second-order valence-electron chi connectivity index (χ2n) is 7.20. The van der Waals surface area contributed by atoms with Crippen LogP contribution in [0.5, 0.6) is 5.75 Å². The molecule has 2 aromatic heterocycles. The maximum atomic E-state index is 12.1. The summed E-state index contributed by atoms with van der Waals surface area (Å²) in [6.07, 6.45) is 0. The molecule has 0 spiro atoms. The van der Waals surface area contributed by atoms with E-state index in [4.69, 9.17) is 32.7 Å². The fourth-order valence-electron chi connectivity index (χ4n) is 2.52. The highest BCUT2D eigenvalue weighted by Crippen LogP contribution is 2.29. The minimum absolute atomic E-state index is 0.0339. The Labute approximate surface area is 172 Å².